The summed E-state index contributed by atoms with van der Waals surface area (Å²) in [5.74, 6) is 4.24. The van der Waals surface area contributed by atoms with E-state index >= 15 is 0 Å². The third-order valence-corrected chi connectivity index (χ3v) is 5.85. The first-order valence-corrected chi connectivity index (χ1v) is 7.50. The Labute approximate surface area is 110 Å². The van der Waals surface area contributed by atoms with Gasteiger partial charge in [-0.05, 0) is 68.6 Å². The van der Waals surface area contributed by atoms with Gasteiger partial charge in [-0.1, -0.05) is 0 Å². The number of nitrogens with one attached hydrogen (secondary N) is 1. The van der Waals surface area contributed by atoms with Gasteiger partial charge in [0.1, 0.15) is 0 Å². The Kier molecular flexibility index (Phi) is 2.92. The lowest BCUT2D eigenvalue weighted by molar-refractivity contribution is -0.125. The van der Waals surface area contributed by atoms with Gasteiger partial charge in [0.2, 0.25) is 5.91 Å². The zero-order valence-electron chi connectivity index (χ0n) is 11.6. The number of amides is 1. The molecule has 3 nitrogen and oxygen atoms in total. The van der Waals surface area contributed by atoms with Crippen molar-refractivity contribution in [2.45, 2.75) is 51.5 Å². The van der Waals surface area contributed by atoms with Gasteiger partial charge >= 0.3 is 0 Å². The third-order valence-electron chi connectivity index (χ3n) is 5.85. The van der Waals surface area contributed by atoms with Crippen molar-refractivity contribution in [3.8, 4) is 0 Å². The molecule has 4 aliphatic carbocycles. The van der Waals surface area contributed by atoms with Crippen molar-refractivity contribution in [2.24, 2.45) is 35.3 Å². The van der Waals surface area contributed by atoms with Crippen molar-refractivity contribution < 1.29 is 4.79 Å². The number of nitrogens with two attached hydrogens (primary N) is 1. The Morgan fingerprint density at radius 3 is 2.06 bits per heavy atom. The predicted octanol–water partition coefficient (Wildman–Crippen LogP) is 1.91. The van der Waals surface area contributed by atoms with E-state index in [0.717, 1.165) is 23.7 Å². The Morgan fingerprint density at radius 1 is 1.17 bits per heavy atom. The van der Waals surface area contributed by atoms with Crippen LogP contribution in [0.25, 0.3) is 0 Å². The average molecular weight is 250 g/mol. The van der Waals surface area contributed by atoms with Crippen molar-refractivity contribution in [1.29, 1.82) is 0 Å². The van der Waals surface area contributed by atoms with Gasteiger partial charge in [-0.15, -0.1) is 0 Å². The van der Waals surface area contributed by atoms with Crippen LogP contribution in [0.15, 0.2) is 0 Å². The van der Waals surface area contributed by atoms with Crippen LogP contribution in [0.2, 0.25) is 0 Å². The highest BCUT2D eigenvalue weighted by molar-refractivity contribution is 5.73. The summed E-state index contributed by atoms with van der Waals surface area (Å²) in [5.41, 5.74) is 5.83. The maximum absolute atomic E-state index is 11.5. The van der Waals surface area contributed by atoms with Crippen LogP contribution in [-0.4, -0.2) is 18.0 Å². The molecule has 1 atom stereocenters. The van der Waals surface area contributed by atoms with Crippen LogP contribution in [0, 0.1) is 29.6 Å². The third kappa shape index (κ3) is 1.87. The van der Waals surface area contributed by atoms with Gasteiger partial charge in [0, 0.05) is 13.5 Å². The maximum Gasteiger partial charge on any atom is 0.217 e. The Bertz CT molecular complexity index is 326. The van der Waals surface area contributed by atoms with E-state index in [-0.39, 0.29) is 11.4 Å². The van der Waals surface area contributed by atoms with Gasteiger partial charge in [-0.25, -0.2) is 0 Å². The molecule has 0 radical (unpaired) electrons. The quantitative estimate of drug-likeness (QED) is 0.804. The molecule has 4 bridgehead atoms. The minimum absolute atomic E-state index is 0.0664. The molecule has 4 aliphatic rings. The summed E-state index contributed by atoms with van der Waals surface area (Å²) in [6.07, 6.45) is 7.00. The van der Waals surface area contributed by atoms with E-state index in [2.05, 4.69) is 12.2 Å². The summed E-state index contributed by atoms with van der Waals surface area (Å²) in [6, 6.07) is 0. The van der Waals surface area contributed by atoms with Crippen molar-refractivity contribution in [3.63, 3.8) is 0 Å². The van der Waals surface area contributed by atoms with E-state index in [0.29, 0.717) is 12.5 Å². The monoisotopic (exact) mass is 250 g/mol. The van der Waals surface area contributed by atoms with E-state index < -0.39 is 0 Å². The van der Waals surface area contributed by atoms with E-state index in [1.807, 2.05) is 0 Å². The van der Waals surface area contributed by atoms with Crippen LogP contribution < -0.4 is 11.1 Å². The molecule has 0 aromatic heterocycles. The van der Waals surface area contributed by atoms with Gasteiger partial charge in [0.15, 0.2) is 0 Å². The molecule has 0 aromatic carbocycles. The molecule has 0 saturated heterocycles. The number of carbonyl (C=O) groups is 1. The molecule has 0 aliphatic heterocycles. The maximum atomic E-state index is 11.5. The van der Waals surface area contributed by atoms with Crippen LogP contribution in [0.1, 0.15) is 46.0 Å². The van der Waals surface area contributed by atoms with Crippen molar-refractivity contribution in [1.82, 2.24) is 5.32 Å². The molecule has 3 N–H and O–H groups in total. The SMILES string of the molecule is CC(=O)NC(C)(CN)C1C2CC3CC(C2)CC1C3. The van der Waals surface area contributed by atoms with Crippen molar-refractivity contribution in [2.75, 3.05) is 6.54 Å². The fraction of sp³-hybridized carbons (Fsp3) is 0.933. The van der Waals surface area contributed by atoms with Gasteiger partial charge in [0.25, 0.3) is 0 Å². The highest BCUT2D eigenvalue weighted by Crippen LogP contribution is 2.58. The molecule has 0 aromatic rings. The Balaban J connectivity index is 1.84. The first-order chi connectivity index (χ1) is 8.51. The molecule has 18 heavy (non-hydrogen) atoms. The molecule has 4 fully saturated rings. The predicted molar refractivity (Wildman–Crippen MR) is 71.8 cm³/mol. The highest BCUT2D eigenvalue weighted by atomic mass is 16.1. The van der Waals surface area contributed by atoms with Crippen molar-refractivity contribution >= 4 is 5.91 Å². The molecule has 0 heterocycles. The number of hydrogen-bond acceptors (Lipinski definition) is 2. The standard InChI is InChI=1S/C15H26N2O/c1-9(18)17-15(2,8-16)14-12-4-10-3-11(6-12)7-13(14)5-10/h10-14H,3-8,16H2,1-2H3,(H,17,18). The zero-order valence-corrected chi connectivity index (χ0v) is 11.6. The minimum Gasteiger partial charge on any atom is -0.350 e. The van der Waals surface area contributed by atoms with Gasteiger partial charge in [0.05, 0.1) is 5.54 Å². The number of rotatable bonds is 3. The molecule has 4 rings (SSSR count). The second kappa shape index (κ2) is 4.22. The largest absolute Gasteiger partial charge is 0.350 e. The van der Waals surface area contributed by atoms with Crippen LogP contribution in [-0.2, 0) is 4.79 Å². The summed E-state index contributed by atoms with van der Waals surface area (Å²) >= 11 is 0. The number of hydrogen-bond donors (Lipinski definition) is 2. The molecule has 102 valence electrons. The molecular weight excluding hydrogens is 224 g/mol. The van der Waals surface area contributed by atoms with E-state index in [9.17, 15) is 4.79 Å². The summed E-state index contributed by atoms with van der Waals surface area (Å²) in [5, 5.41) is 3.17. The molecule has 3 heteroatoms. The summed E-state index contributed by atoms with van der Waals surface area (Å²) in [4.78, 5) is 11.5. The van der Waals surface area contributed by atoms with E-state index in [1.54, 1.807) is 6.92 Å². The van der Waals surface area contributed by atoms with E-state index in [1.165, 1.54) is 32.1 Å². The molecule has 4 saturated carbocycles. The normalized spacial score (nSPS) is 44.7. The molecular formula is C15H26N2O. The zero-order chi connectivity index (χ0) is 12.9. The highest BCUT2D eigenvalue weighted by Gasteiger charge is 2.53. The van der Waals surface area contributed by atoms with Gasteiger partial charge in [-0.2, -0.15) is 0 Å². The molecule has 1 unspecified atom stereocenters. The lowest BCUT2D eigenvalue weighted by atomic mass is 9.48. The topological polar surface area (TPSA) is 55.1 Å². The average Bonchev–Trinajstić information content (AvgIpc) is 2.26. The van der Waals surface area contributed by atoms with Gasteiger partial charge in [-0.3, -0.25) is 4.79 Å². The smallest absolute Gasteiger partial charge is 0.217 e. The second-order valence-corrected chi connectivity index (χ2v) is 7.26. The first-order valence-electron chi connectivity index (χ1n) is 7.50. The van der Waals surface area contributed by atoms with Crippen molar-refractivity contribution in [3.05, 3.63) is 0 Å². The van der Waals surface area contributed by atoms with Crippen LogP contribution in [0.3, 0.4) is 0 Å². The number of carbonyl (C=O) groups excluding carboxylic acids is 1. The second-order valence-electron chi connectivity index (χ2n) is 7.26. The fourth-order valence-electron chi connectivity index (χ4n) is 5.64. The van der Waals surface area contributed by atoms with Crippen LogP contribution >= 0.6 is 0 Å². The summed E-state index contributed by atoms with van der Waals surface area (Å²) in [7, 11) is 0. The summed E-state index contributed by atoms with van der Waals surface area (Å²) < 4.78 is 0. The Hall–Kier alpha value is -0.570. The van der Waals surface area contributed by atoms with Gasteiger partial charge < -0.3 is 11.1 Å². The van der Waals surface area contributed by atoms with Crippen LogP contribution in [0.5, 0.6) is 0 Å². The molecule has 0 spiro atoms. The lowest BCUT2D eigenvalue weighted by Crippen LogP contribution is -2.63. The Morgan fingerprint density at radius 2 is 1.67 bits per heavy atom. The fourth-order valence-corrected chi connectivity index (χ4v) is 5.64. The lowest BCUT2D eigenvalue weighted by Gasteiger charge is -2.59. The minimum atomic E-state index is -0.186. The molecule has 1 amide bonds. The summed E-state index contributed by atoms with van der Waals surface area (Å²) in [6.45, 7) is 4.35. The first kappa shape index (κ1) is 12.5. The van der Waals surface area contributed by atoms with E-state index in [4.69, 9.17) is 5.73 Å². The van der Waals surface area contributed by atoms with Crippen LogP contribution in [0.4, 0.5) is 0 Å².